The molecule has 0 spiro atoms. The Kier molecular flexibility index (Phi) is 6.63. The number of aliphatic hydroxyl groups is 1. The molecule has 1 N–H and O–H groups in total. The summed E-state index contributed by atoms with van der Waals surface area (Å²) in [6.45, 7) is 4.20. The molecule has 0 heterocycles. The first-order valence-electron chi connectivity index (χ1n) is 6.39. The molecule has 96 valence electrons. The number of aliphatic hydroxyl groups excluding tert-OH is 1. The molecule has 0 unspecified atom stereocenters. The van der Waals surface area contributed by atoms with Crippen LogP contribution in [-0.4, -0.2) is 24.8 Å². The van der Waals surface area contributed by atoms with Crippen LogP contribution in [0.25, 0.3) is 0 Å². The van der Waals surface area contributed by atoms with E-state index in [0.717, 1.165) is 44.5 Å². The molecule has 0 aromatic heterocycles. The highest BCUT2D eigenvalue weighted by molar-refractivity contribution is 5.46. The molecule has 3 heteroatoms. The largest absolute Gasteiger partial charge is 0.396 e. The lowest BCUT2D eigenvalue weighted by Gasteiger charge is -2.23. The van der Waals surface area contributed by atoms with Crippen LogP contribution in [0.4, 0.5) is 10.1 Å². The Morgan fingerprint density at radius 1 is 1.18 bits per heavy atom. The van der Waals surface area contributed by atoms with Gasteiger partial charge in [0, 0.05) is 25.4 Å². The van der Waals surface area contributed by atoms with Crippen molar-refractivity contribution in [1.29, 1.82) is 0 Å². The first-order valence-corrected chi connectivity index (χ1v) is 6.39. The average Bonchev–Trinajstić information content (AvgIpc) is 2.34. The minimum Gasteiger partial charge on any atom is -0.396 e. The van der Waals surface area contributed by atoms with Crippen LogP contribution >= 0.6 is 0 Å². The SMILES string of the molecule is CCN(CCCCCCO)c1cccc(F)c1. The van der Waals surface area contributed by atoms with Gasteiger partial charge in [0.15, 0.2) is 0 Å². The van der Waals surface area contributed by atoms with Gasteiger partial charge in [-0.05, 0) is 38.0 Å². The van der Waals surface area contributed by atoms with Gasteiger partial charge in [0.2, 0.25) is 0 Å². The molecule has 0 bridgehead atoms. The summed E-state index contributed by atoms with van der Waals surface area (Å²) in [5.41, 5.74) is 0.953. The second-order valence-corrected chi connectivity index (χ2v) is 4.20. The zero-order valence-electron chi connectivity index (χ0n) is 10.5. The van der Waals surface area contributed by atoms with Gasteiger partial charge in [0.1, 0.15) is 5.82 Å². The third kappa shape index (κ3) is 5.18. The number of halogens is 1. The molecule has 1 aromatic rings. The van der Waals surface area contributed by atoms with E-state index < -0.39 is 0 Å². The van der Waals surface area contributed by atoms with Crippen LogP contribution < -0.4 is 4.90 Å². The molecular formula is C14H22FNO. The third-order valence-electron chi connectivity index (χ3n) is 2.89. The Balaban J connectivity index is 2.38. The van der Waals surface area contributed by atoms with Crippen LogP contribution in [-0.2, 0) is 0 Å². The Morgan fingerprint density at radius 3 is 2.59 bits per heavy atom. The molecule has 0 amide bonds. The zero-order valence-corrected chi connectivity index (χ0v) is 10.5. The van der Waals surface area contributed by atoms with Crippen molar-refractivity contribution in [2.24, 2.45) is 0 Å². The number of benzene rings is 1. The third-order valence-corrected chi connectivity index (χ3v) is 2.89. The molecule has 0 saturated carbocycles. The van der Waals surface area contributed by atoms with E-state index in [-0.39, 0.29) is 12.4 Å². The summed E-state index contributed by atoms with van der Waals surface area (Å²) < 4.78 is 13.1. The van der Waals surface area contributed by atoms with Gasteiger partial charge >= 0.3 is 0 Å². The number of anilines is 1. The van der Waals surface area contributed by atoms with Gasteiger partial charge in [0.25, 0.3) is 0 Å². The van der Waals surface area contributed by atoms with Crippen molar-refractivity contribution in [2.75, 3.05) is 24.6 Å². The summed E-state index contributed by atoms with van der Waals surface area (Å²) in [6.07, 6.45) is 4.15. The minimum atomic E-state index is -0.179. The smallest absolute Gasteiger partial charge is 0.125 e. The van der Waals surface area contributed by atoms with Crippen molar-refractivity contribution in [3.8, 4) is 0 Å². The molecule has 0 radical (unpaired) electrons. The minimum absolute atomic E-state index is 0.179. The molecule has 1 aromatic carbocycles. The Hall–Kier alpha value is -1.09. The van der Waals surface area contributed by atoms with Crippen LogP contribution in [0.5, 0.6) is 0 Å². The molecule has 17 heavy (non-hydrogen) atoms. The van der Waals surface area contributed by atoms with Crippen LogP contribution in [0.2, 0.25) is 0 Å². The highest BCUT2D eigenvalue weighted by Gasteiger charge is 2.04. The predicted molar refractivity (Wildman–Crippen MR) is 69.8 cm³/mol. The van der Waals surface area contributed by atoms with E-state index >= 15 is 0 Å². The highest BCUT2D eigenvalue weighted by Crippen LogP contribution is 2.16. The van der Waals surface area contributed by atoms with Gasteiger partial charge in [0.05, 0.1) is 0 Å². The fraction of sp³-hybridized carbons (Fsp3) is 0.571. The lowest BCUT2D eigenvalue weighted by atomic mass is 10.2. The van der Waals surface area contributed by atoms with Crippen LogP contribution in [0.3, 0.4) is 0 Å². The van der Waals surface area contributed by atoms with Crippen molar-refractivity contribution in [1.82, 2.24) is 0 Å². The molecular weight excluding hydrogens is 217 g/mol. The second kappa shape index (κ2) is 8.07. The predicted octanol–water partition coefficient (Wildman–Crippen LogP) is 3.20. The summed E-state index contributed by atoms with van der Waals surface area (Å²) in [6, 6.07) is 6.75. The number of rotatable bonds is 8. The van der Waals surface area contributed by atoms with Crippen LogP contribution in [0, 0.1) is 5.82 Å². The van der Waals surface area contributed by atoms with Gasteiger partial charge in [-0.1, -0.05) is 18.9 Å². The first-order chi connectivity index (χ1) is 8.27. The van der Waals surface area contributed by atoms with Crippen molar-refractivity contribution >= 4 is 5.69 Å². The number of hydrogen-bond donors (Lipinski definition) is 1. The van der Waals surface area contributed by atoms with E-state index in [1.165, 1.54) is 6.07 Å². The molecule has 0 aliphatic rings. The molecule has 1 rings (SSSR count). The molecule has 0 saturated heterocycles. The maximum atomic E-state index is 13.1. The van der Waals surface area contributed by atoms with Crippen LogP contribution in [0.15, 0.2) is 24.3 Å². The van der Waals surface area contributed by atoms with E-state index in [1.807, 2.05) is 6.07 Å². The van der Waals surface area contributed by atoms with E-state index in [9.17, 15) is 4.39 Å². The number of hydrogen-bond acceptors (Lipinski definition) is 2. The lowest BCUT2D eigenvalue weighted by molar-refractivity contribution is 0.282. The lowest BCUT2D eigenvalue weighted by Crippen LogP contribution is -2.23. The Morgan fingerprint density at radius 2 is 1.94 bits per heavy atom. The zero-order chi connectivity index (χ0) is 12.5. The fourth-order valence-corrected chi connectivity index (χ4v) is 1.91. The second-order valence-electron chi connectivity index (χ2n) is 4.20. The molecule has 0 aliphatic carbocycles. The topological polar surface area (TPSA) is 23.5 Å². The standard InChI is InChI=1S/C14H22FNO/c1-2-16(10-5-3-4-6-11-17)14-9-7-8-13(15)12-14/h7-9,12,17H,2-6,10-11H2,1H3. The Bertz CT molecular complexity index is 317. The fourth-order valence-electron chi connectivity index (χ4n) is 1.91. The van der Waals surface area contributed by atoms with Gasteiger partial charge in [-0.2, -0.15) is 0 Å². The van der Waals surface area contributed by atoms with Gasteiger partial charge in [-0.25, -0.2) is 4.39 Å². The Labute approximate surface area is 103 Å². The van der Waals surface area contributed by atoms with E-state index in [0.29, 0.717) is 0 Å². The van der Waals surface area contributed by atoms with E-state index in [1.54, 1.807) is 12.1 Å². The van der Waals surface area contributed by atoms with Crippen molar-refractivity contribution < 1.29 is 9.50 Å². The quantitative estimate of drug-likeness (QED) is 0.704. The average molecular weight is 239 g/mol. The van der Waals surface area contributed by atoms with E-state index in [4.69, 9.17) is 5.11 Å². The van der Waals surface area contributed by atoms with Gasteiger partial charge in [-0.15, -0.1) is 0 Å². The normalized spacial score (nSPS) is 10.5. The molecule has 0 fully saturated rings. The molecule has 0 atom stereocenters. The first kappa shape index (κ1) is 14.0. The summed E-state index contributed by atoms with van der Waals surface area (Å²) in [4.78, 5) is 2.18. The monoisotopic (exact) mass is 239 g/mol. The maximum Gasteiger partial charge on any atom is 0.125 e. The van der Waals surface area contributed by atoms with Gasteiger partial charge in [-0.3, -0.25) is 0 Å². The van der Waals surface area contributed by atoms with Crippen molar-refractivity contribution in [3.63, 3.8) is 0 Å². The summed E-state index contributed by atoms with van der Waals surface area (Å²) in [5, 5.41) is 8.68. The summed E-state index contributed by atoms with van der Waals surface area (Å²) >= 11 is 0. The van der Waals surface area contributed by atoms with Gasteiger partial charge < -0.3 is 10.0 Å². The highest BCUT2D eigenvalue weighted by atomic mass is 19.1. The van der Waals surface area contributed by atoms with Crippen molar-refractivity contribution in [3.05, 3.63) is 30.1 Å². The van der Waals surface area contributed by atoms with Crippen LogP contribution in [0.1, 0.15) is 32.6 Å². The summed E-state index contributed by atoms with van der Waals surface area (Å²) in [5.74, 6) is -0.179. The van der Waals surface area contributed by atoms with Crippen molar-refractivity contribution in [2.45, 2.75) is 32.6 Å². The van der Waals surface area contributed by atoms with E-state index in [2.05, 4.69) is 11.8 Å². The maximum absolute atomic E-state index is 13.1. The molecule has 2 nitrogen and oxygen atoms in total. The number of unbranched alkanes of at least 4 members (excludes halogenated alkanes) is 3. The summed E-state index contributed by atoms with van der Waals surface area (Å²) in [7, 11) is 0. The molecule has 0 aliphatic heterocycles. The number of nitrogens with zero attached hydrogens (tertiary/aromatic N) is 1.